The summed E-state index contributed by atoms with van der Waals surface area (Å²) >= 11 is 0. The number of benzene rings is 6. The number of hydrogen-bond acceptors (Lipinski definition) is 4. The van der Waals surface area contributed by atoms with Crippen LogP contribution in [0.4, 0.5) is 28.4 Å². The number of fused-ring (bicyclic) bond motifs is 3. The van der Waals surface area contributed by atoms with Crippen molar-refractivity contribution in [3.05, 3.63) is 236 Å². The van der Waals surface area contributed by atoms with Gasteiger partial charge in [-0.2, -0.15) is 0 Å². The van der Waals surface area contributed by atoms with Crippen LogP contribution < -0.4 is 9.80 Å². The Hall–Kier alpha value is -7.76. The van der Waals surface area contributed by atoms with Gasteiger partial charge in [-0.1, -0.05) is 121 Å². The Morgan fingerprint density at radius 2 is 0.845 bits per heavy atom. The van der Waals surface area contributed by atoms with Gasteiger partial charge in [0, 0.05) is 68.6 Å². The molecule has 0 fully saturated rings. The molecular weight excluding hydrogens is 707 g/mol. The molecule has 0 N–H and O–H groups in total. The van der Waals surface area contributed by atoms with Gasteiger partial charge in [0.25, 0.3) is 0 Å². The number of pyridine rings is 2. The van der Waals surface area contributed by atoms with Crippen LogP contribution in [-0.4, -0.2) is 14.5 Å². The van der Waals surface area contributed by atoms with Crippen LogP contribution in [0.3, 0.4) is 0 Å². The number of para-hydroxylation sites is 5. The summed E-state index contributed by atoms with van der Waals surface area (Å²) in [5.74, 6) is 0. The van der Waals surface area contributed by atoms with E-state index in [1.807, 2.05) is 12.4 Å². The van der Waals surface area contributed by atoms with Crippen molar-refractivity contribution < 1.29 is 0 Å². The van der Waals surface area contributed by atoms with Gasteiger partial charge in [0.05, 0.1) is 22.4 Å². The molecule has 0 amide bonds. The lowest BCUT2D eigenvalue weighted by atomic mass is 10.0. The van der Waals surface area contributed by atoms with E-state index in [4.69, 9.17) is 9.97 Å². The number of nitrogens with zero attached hydrogens (tertiary/aromatic N) is 5. The van der Waals surface area contributed by atoms with Crippen LogP contribution in [0.2, 0.25) is 0 Å². The first kappa shape index (κ1) is 34.7. The zero-order valence-corrected chi connectivity index (χ0v) is 31.8. The molecule has 276 valence electrons. The minimum Gasteiger partial charge on any atom is -0.311 e. The van der Waals surface area contributed by atoms with E-state index in [0.29, 0.717) is 0 Å². The molecule has 0 atom stereocenters. The van der Waals surface area contributed by atoms with Gasteiger partial charge < -0.3 is 14.4 Å². The Labute approximate surface area is 338 Å². The molecule has 0 saturated carbocycles. The van der Waals surface area contributed by atoms with Crippen molar-refractivity contribution in [2.45, 2.75) is 6.42 Å². The number of anilines is 5. The van der Waals surface area contributed by atoms with Gasteiger partial charge in [0.15, 0.2) is 0 Å². The summed E-state index contributed by atoms with van der Waals surface area (Å²) in [7, 11) is 0. The summed E-state index contributed by atoms with van der Waals surface area (Å²) < 4.78 is 2.35. The molecule has 0 spiro atoms. The molecule has 5 nitrogen and oxygen atoms in total. The van der Waals surface area contributed by atoms with Crippen LogP contribution >= 0.6 is 0 Å². The van der Waals surface area contributed by atoms with Crippen molar-refractivity contribution in [3.63, 3.8) is 0 Å². The first-order chi connectivity index (χ1) is 28.8. The fourth-order valence-corrected chi connectivity index (χ4v) is 8.12. The molecule has 0 radical (unpaired) electrons. The maximum absolute atomic E-state index is 5.15. The largest absolute Gasteiger partial charge is 0.311 e. The minimum atomic E-state index is 0.745. The van der Waals surface area contributed by atoms with Crippen LogP contribution in [-0.2, 0) is 0 Å². The van der Waals surface area contributed by atoms with Crippen molar-refractivity contribution in [2.24, 2.45) is 0 Å². The van der Waals surface area contributed by atoms with Gasteiger partial charge in [0.1, 0.15) is 0 Å². The molecule has 10 rings (SSSR count). The van der Waals surface area contributed by atoms with Gasteiger partial charge >= 0.3 is 0 Å². The lowest BCUT2D eigenvalue weighted by Gasteiger charge is -2.26. The molecule has 0 saturated heterocycles. The average molecular weight is 746 g/mol. The van der Waals surface area contributed by atoms with Crippen molar-refractivity contribution >= 4 is 55.8 Å². The SMILES string of the molecule is C1=CC(N(c2ccccc2)c2ccccc2)=CCC=C1c1nccc2c1c1c(-c3ccc(N(c4ccccc4)c4ccccc4)cc3)nccc1n2-c1ccccc1. The summed E-state index contributed by atoms with van der Waals surface area (Å²) in [6.07, 6.45) is 13.6. The van der Waals surface area contributed by atoms with E-state index in [1.54, 1.807) is 0 Å². The molecule has 6 aromatic carbocycles. The Morgan fingerprint density at radius 1 is 0.397 bits per heavy atom. The van der Waals surface area contributed by atoms with Crippen molar-refractivity contribution in [2.75, 3.05) is 9.80 Å². The Balaban J connectivity index is 1.12. The average Bonchev–Trinajstić information content (AvgIpc) is 3.46. The maximum Gasteiger partial charge on any atom is 0.0803 e. The molecule has 3 heterocycles. The molecule has 3 aromatic heterocycles. The molecular formula is C53H39N5. The van der Waals surface area contributed by atoms with E-state index in [2.05, 4.69) is 227 Å². The van der Waals surface area contributed by atoms with Crippen molar-refractivity contribution in [1.29, 1.82) is 0 Å². The first-order valence-corrected chi connectivity index (χ1v) is 19.6. The monoisotopic (exact) mass is 745 g/mol. The number of allylic oxidation sites excluding steroid dienone is 5. The molecule has 0 bridgehead atoms. The summed E-state index contributed by atoms with van der Waals surface area (Å²) in [6, 6.07) is 65.7. The standard InChI is InChI=1S/C53H39N5/c1-6-18-41(19-7-1)56(42-20-8-2-9-21-42)46-28-16-17-39(29-32-46)52-50-48(35-37-54-52)58(45-26-14-5-15-27-45)49-36-38-55-53(51(49)50)40-30-33-47(34-31-40)57(43-22-10-3-11-23-43)44-24-12-4-13-25-44/h1-15,17-38H,16H2. The van der Waals surface area contributed by atoms with E-state index in [1.165, 1.54) is 0 Å². The highest BCUT2D eigenvalue weighted by Crippen LogP contribution is 2.42. The third kappa shape index (κ3) is 6.45. The van der Waals surface area contributed by atoms with E-state index >= 15 is 0 Å². The smallest absolute Gasteiger partial charge is 0.0803 e. The zero-order valence-electron chi connectivity index (χ0n) is 31.8. The quantitative estimate of drug-likeness (QED) is 0.147. The van der Waals surface area contributed by atoms with E-state index < -0.39 is 0 Å². The number of hydrogen-bond donors (Lipinski definition) is 0. The van der Waals surface area contributed by atoms with Gasteiger partial charge in [-0.3, -0.25) is 9.97 Å². The number of aromatic nitrogens is 3. The predicted molar refractivity (Wildman–Crippen MR) is 241 cm³/mol. The third-order valence-electron chi connectivity index (χ3n) is 10.7. The highest BCUT2D eigenvalue weighted by Gasteiger charge is 2.23. The van der Waals surface area contributed by atoms with E-state index in [-0.39, 0.29) is 0 Å². The van der Waals surface area contributed by atoms with Crippen LogP contribution in [0, 0.1) is 0 Å². The Bertz CT molecular complexity index is 2860. The zero-order chi connectivity index (χ0) is 38.7. The third-order valence-corrected chi connectivity index (χ3v) is 10.7. The van der Waals surface area contributed by atoms with Gasteiger partial charge in [0.2, 0.25) is 0 Å². The summed E-state index contributed by atoms with van der Waals surface area (Å²) in [5.41, 5.74) is 13.8. The van der Waals surface area contributed by atoms with Crippen LogP contribution in [0.25, 0.3) is 44.3 Å². The normalized spacial score (nSPS) is 12.6. The van der Waals surface area contributed by atoms with Crippen LogP contribution in [0.1, 0.15) is 12.1 Å². The Morgan fingerprint density at radius 3 is 1.38 bits per heavy atom. The summed E-state index contributed by atoms with van der Waals surface area (Å²) in [6.45, 7) is 0. The molecule has 9 aromatic rings. The summed E-state index contributed by atoms with van der Waals surface area (Å²) in [4.78, 5) is 14.9. The van der Waals surface area contributed by atoms with Crippen molar-refractivity contribution in [3.8, 4) is 16.9 Å². The van der Waals surface area contributed by atoms with E-state index in [0.717, 1.165) is 90.6 Å². The summed E-state index contributed by atoms with van der Waals surface area (Å²) in [5, 5.41) is 2.15. The second-order valence-corrected chi connectivity index (χ2v) is 14.2. The second kappa shape index (κ2) is 15.4. The molecule has 0 aliphatic heterocycles. The lowest BCUT2D eigenvalue weighted by molar-refractivity contribution is 1.17. The fraction of sp³-hybridized carbons (Fsp3) is 0.0189. The highest BCUT2D eigenvalue weighted by atomic mass is 15.1. The maximum atomic E-state index is 5.15. The topological polar surface area (TPSA) is 37.2 Å². The predicted octanol–water partition coefficient (Wildman–Crippen LogP) is 13.8. The second-order valence-electron chi connectivity index (χ2n) is 14.2. The highest BCUT2D eigenvalue weighted by molar-refractivity contribution is 6.18. The number of rotatable bonds is 9. The van der Waals surface area contributed by atoms with Crippen molar-refractivity contribution in [1.82, 2.24) is 14.5 Å². The van der Waals surface area contributed by atoms with Crippen LogP contribution in [0.15, 0.2) is 230 Å². The van der Waals surface area contributed by atoms with Gasteiger partial charge in [-0.15, -0.1) is 0 Å². The van der Waals surface area contributed by atoms with E-state index in [9.17, 15) is 0 Å². The molecule has 1 aliphatic carbocycles. The molecule has 5 heteroatoms. The minimum absolute atomic E-state index is 0.745. The Kier molecular flexibility index (Phi) is 9.22. The van der Waals surface area contributed by atoms with Gasteiger partial charge in [-0.25, -0.2) is 0 Å². The lowest BCUT2D eigenvalue weighted by Crippen LogP contribution is -2.14. The van der Waals surface area contributed by atoms with Crippen LogP contribution in [0.5, 0.6) is 0 Å². The fourth-order valence-electron chi connectivity index (χ4n) is 8.12. The molecule has 0 unspecified atom stereocenters. The van der Waals surface area contributed by atoms with Gasteiger partial charge in [-0.05, 0) is 103 Å². The first-order valence-electron chi connectivity index (χ1n) is 19.6. The molecule has 58 heavy (non-hydrogen) atoms. The molecule has 1 aliphatic rings.